The topological polar surface area (TPSA) is 26.0 Å². The Morgan fingerprint density at radius 2 is 1.80 bits per heavy atom. The fourth-order valence-corrected chi connectivity index (χ4v) is 3.22. The Morgan fingerprint density at radius 1 is 1.20 bits per heavy atom. The molecule has 1 nitrogen and oxygen atoms in total. The van der Waals surface area contributed by atoms with Crippen LogP contribution in [0.5, 0.6) is 0 Å². The van der Waals surface area contributed by atoms with E-state index in [1.165, 1.54) is 0 Å². The van der Waals surface area contributed by atoms with Crippen molar-refractivity contribution in [3.05, 3.63) is 24.3 Å². The van der Waals surface area contributed by atoms with Crippen molar-refractivity contribution >= 4 is 42.7 Å². The first-order valence-corrected chi connectivity index (χ1v) is 8.55. The molecular weight excluding hydrogens is 232 g/mol. The summed E-state index contributed by atoms with van der Waals surface area (Å²) in [5.74, 6) is 0. The van der Waals surface area contributed by atoms with E-state index < -0.39 is 12.8 Å². The molecule has 0 heterocycles. The van der Waals surface area contributed by atoms with Gasteiger partial charge in [0, 0.05) is 0 Å². The van der Waals surface area contributed by atoms with E-state index in [0.717, 1.165) is 4.35 Å². The average Bonchev–Trinajstić information content (AvgIpc) is 1.88. The van der Waals surface area contributed by atoms with Crippen LogP contribution in [0.25, 0.3) is 0 Å². The number of nitrogen functional groups attached to an aromatic ring is 1. The van der Waals surface area contributed by atoms with Crippen molar-refractivity contribution < 1.29 is 0 Å². The summed E-state index contributed by atoms with van der Waals surface area (Å²) in [6, 6.07) is 7.43. The van der Waals surface area contributed by atoms with Crippen LogP contribution in [0.1, 0.15) is 0 Å². The van der Waals surface area contributed by atoms with E-state index in [2.05, 4.69) is 0 Å². The predicted molar refractivity (Wildman–Crippen MR) is 47.9 cm³/mol. The number of para-hydroxylation sites is 1. The summed E-state index contributed by atoms with van der Waals surface area (Å²) < 4.78 is 0.915. The molecule has 54 valence electrons. The van der Waals surface area contributed by atoms with Gasteiger partial charge >= 0.3 is 72.7 Å². The maximum absolute atomic E-state index is 5.74. The van der Waals surface area contributed by atoms with Gasteiger partial charge in [-0.3, -0.25) is 0 Å². The normalized spacial score (nSPS) is 10.3. The molecule has 1 aromatic rings. The van der Waals surface area contributed by atoms with Gasteiger partial charge in [0.25, 0.3) is 0 Å². The molecule has 0 atom stereocenters. The summed E-state index contributed by atoms with van der Waals surface area (Å²) in [6.07, 6.45) is 0. The predicted octanol–water partition coefficient (Wildman–Crippen LogP) is 1.44. The molecular formula is C6H6AsCl2N. The molecule has 10 heavy (non-hydrogen) atoms. The molecule has 1 rings (SSSR count). The second kappa shape index (κ2) is 3.52. The van der Waals surface area contributed by atoms with Gasteiger partial charge in [-0.25, -0.2) is 0 Å². The summed E-state index contributed by atoms with van der Waals surface area (Å²) in [7, 11) is 11.5. The van der Waals surface area contributed by atoms with Crippen molar-refractivity contribution in [1.29, 1.82) is 0 Å². The van der Waals surface area contributed by atoms with E-state index in [-0.39, 0.29) is 0 Å². The summed E-state index contributed by atoms with van der Waals surface area (Å²) in [5, 5.41) is 0. The number of hydrogen-bond acceptors (Lipinski definition) is 1. The fourth-order valence-electron chi connectivity index (χ4n) is 0.641. The molecule has 0 spiro atoms. The van der Waals surface area contributed by atoms with Crippen LogP contribution in [0.15, 0.2) is 24.3 Å². The van der Waals surface area contributed by atoms with Crippen molar-refractivity contribution in [2.45, 2.75) is 0 Å². The standard InChI is InChI=1S/C6H6AsCl2N/c8-7(9)5-3-1-2-4-6(5)10/h1-4H,10H2. The van der Waals surface area contributed by atoms with E-state index in [1.54, 1.807) is 0 Å². The van der Waals surface area contributed by atoms with Crippen LogP contribution < -0.4 is 10.1 Å². The molecule has 1 aromatic carbocycles. The minimum atomic E-state index is -1.81. The molecule has 0 fully saturated rings. The zero-order valence-electron chi connectivity index (χ0n) is 5.09. The third-order valence-corrected chi connectivity index (χ3v) is 4.63. The Morgan fingerprint density at radius 3 is 2.20 bits per heavy atom. The van der Waals surface area contributed by atoms with E-state index in [1.807, 2.05) is 24.3 Å². The number of hydrogen-bond donors (Lipinski definition) is 1. The summed E-state index contributed by atoms with van der Waals surface area (Å²) >= 11 is -1.81. The molecule has 0 aliphatic carbocycles. The molecule has 0 aromatic heterocycles. The second-order valence-corrected chi connectivity index (χ2v) is 8.19. The Hall–Kier alpha value is 0.158. The molecule has 0 radical (unpaired) electrons. The van der Waals surface area contributed by atoms with Crippen molar-refractivity contribution in [1.82, 2.24) is 0 Å². The Bertz CT molecular complexity index is 227. The van der Waals surface area contributed by atoms with Crippen LogP contribution in [0, 0.1) is 0 Å². The quantitative estimate of drug-likeness (QED) is 0.581. The first-order valence-electron chi connectivity index (χ1n) is 2.68. The van der Waals surface area contributed by atoms with E-state index in [4.69, 9.17) is 25.6 Å². The van der Waals surface area contributed by atoms with Crippen LogP contribution in [0.2, 0.25) is 0 Å². The van der Waals surface area contributed by atoms with Gasteiger partial charge in [-0.2, -0.15) is 0 Å². The third kappa shape index (κ3) is 1.82. The van der Waals surface area contributed by atoms with Gasteiger partial charge in [0.05, 0.1) is 0 Å². The number of nitrogens with two attached hydrogens (primary N) is 1. The van der Waals surface area contributed by atoms with Gasteiger partial charge in [-0.05, 0) is 0 Å². The third-order valence-electron chi connectivity index (χ3n) is 1.12. The Labute approximate surface area is 72.7 Å². The number of anilines is 1. The van der Waals surface area contributed by atoms with Gasteiger partial charge in [-0.15, -0.1) is 0 Å². The van der Waals surface area contributed by atoms with E-state index >= 15 is 0 Å². The monoisotopic (exact) mass is 237 g/mol. The first-order chi connectivity index (χ1) is 4.72. The van der Waals surface area contributed by atoms with Crippen LogP contribution in [0.4, 0.5) is 5.69 Å². The number of benzene rings is 1. The first kappa shape index (κ1) is 8.26. The zero-order chi connectivity index (χ0) is 7.56. The molecule has 0 aliphatic heterocycles. The maximum atomic E-state index is 5.74. The van der Waals surface area contributed by atoms with Crippen LogP contribution >= 0.6 is 19.9 Å². The van der Waals surface area contributed by atoms with Crippen molar-refractivity contribution in [2.24, 2.45) is 0 Å². The SMILES string of the molecule is Nc1ccccc1[As](Cl)Cl. The molecule has 0 aliphatic rings. The molecule has 0 amide bonds. The molecule has 4 heteroatoms. The summed E-state index contributed by atoms with van der Waals surface area (Å²) in [6.45, 7) is 0. The van der Waals surface area contributed by atoms with Crippen molar-refractivity contribution in [3.8, 4) is 0 Å². The van der Waals surface area contributed by atoms with E-state index in [9.17, 15) is 0 Å². The number of rotatable bonds is 1. The Balaban J connectivity index is 3.03. The van der Waals surface area contributed by atoms with Crippen molar-refractivity contribution in [2.75, 3.05) is 5.73 Å². The van der Waals surface area contributed by atoms with Gasteiger partial charge in [0.2, 0.25) is 0 Å². The van der Waals surface area contributed by atoms with Gasteiger partial charge < -0.3 is 0 Å². The van der Waals surface area contributed by atoms with Gasteiger partial charge in [0.1, 0.15) is 0 Å². The Kier molecular flexibility index (Phi) is 2.91. The van der Waals surface area contributed by atoms with Gasteiger partial charge in [0.15, 0.2) is 0 Å². The van der Waals surface area contributed by atoms with Crippen LogP contribution in [-0.4, -0.2) is 12.8 Å². The molecule has 0 unspecified atom stereocenters. The van der Waals surface area contributed by atoms with Crippen LogP contribution in [-0.2, 0) is 0 Å². The fraction of sp³-hybridized carbons (Fsp3) is 0. The summed E-state index contributed by atoms with van der Waals surface area (Å²) in [4.78, 5) is 0. The molecule has 2 N–H and O–H groups in total. The molecule has 0 saturated heterocycles. The average molecular weight is 238 g/mol. The van der Waals surface area contributed by atoms with Gasteiger partial charge in [-0.1, -0.05) is 0 Å². The van der Waals surface area contributed by atoms with Crippen LogP contribution in [0.3, 0.4) is 0 Å². The minimum absolute atomic E-state index is 0.701. The summed E-state index contributed by atoms with van der Waals surface area (Å²) in [5.41, 5.74) is 6.29. The van der Waals surface area contributed by atoms with E-state index in [0.29, 0.717) is 5.69 Å². The molecule has 0 bridgehead atoms. The number of halogens is 2. The zero-order valence-corrected chi connectivity index (χ0v) is 8.48. The second-order valence-electron chi connectivity index (χ2n) is 1.79. The van der Waals surface area contributed by atoms with Crippen molar-refractivity contribution in [3.63, 3.8) is 0 Å². The molecule has 0 saturated carbocycles.